The molecule has 2 aromatic carbocycles. The number of likely N-dealkylation sites (N-methyl/N-ethyl adjacent to an activating group) is 1. The normalized spacial score (nSPS) is 23.4. The van der Waals surface area contributed by atoms with Crippen molar-refractivity contribution in [2.45, 2.75) is 0 Å². The summed E-state index contributed by atoms with van der Waals surface area (Å²) in [6.07, 6.45) is 5.80. The van der Waals surface area contributed by atoms with Gasteiger partial charge in [-0.05, 0) is 25.2 Å². The van der Waals surface area contributed by atoms with Crippen LogP contribution in [0, 0.1) is 5.82 Å². The molecule has 2 aromatic rings. The van der Waals surface area contributed by atoms with E-state index >= 15 is 0 Å². The molecule has 128 valence electrons. The van der Waals surface area contributed by atoms with Crippen molar-refractivity contribution in [1.29, 1.82) is 0 Å². The standard InChI is InChI=1S/C20H22FN4/c1-23-12-14-24(15-13-23)19-5-2-3-6-20(19)25(16-4-11-22-25)18-9-7-17(21)8-10-18/h2-11,16H,12-15H2,1H3/q+1. The zero-order valence-electron chi connectivity index (χ0n) is 14.3. The first-order chi connectivity index (χ1) is 12.2. The van der Waals surface area contributed by atoms with Crippen molar-refractivity contribution in [2.24, 2.45) is 5.10 Å². The first-order valence-electron chi connectivity index (χ1n) is 8.60. The lowest BCUT2D eigenvalue weighted by Gasteiger charge is -2.36. The van der Waals surface area contributed by atoms with Crippen LogP contribution in [0.5, 0.6) is 0 Å². The van der Waals surface area contributed by atoms with Crippen LogP contribution in [0.4, 0.5) is 21.5 Å². The van der Waals surface area contributed by atoms with Gasteiger partial charge in [0.2, 0.25) is 0 Å². The second-order valence-corrected chi connectivity index (χ2v) is 6.55. The first-order valence-corrected chi connectivity index (χ1v) is 8.60. The highest BCUT2D eigenvalue weighted by atomic mass is 19.1. The molecule has 1 saturated heterocycles. The number of allylic oxidation sites excluding steroid dienone is 1. The fraction of sp³-hybridized carbons (Fsp3) is 0.250. The summed E-state index contributed by atoms with van der Waals surface area (Å²) in [4.78, 5) is 4.76. The van der Waals surface area contributed by atoms with E-state index in [-0.39, 0.29) is 10.4 Å². The number of piperazine rings is 1. The summed E-state index contributed by atoms with van der Waals surface area (Å²) >= 11 is 0. The molecule has 1 unspecified atom stereocenters. The third kappa shape index (κ3) is 2.86. The molecule has 1 atom stereocenters. The van der Waals surface area contributed by atoms with E-state index in [9.17, 15) is 4.39 Å². The van der Waals surface area contributed by atoms with Gasteiger partial charge in [0.25, 0.3) is 0 Å². The Labute approximate surface area is 147 Å². The smallest absolute Gasteiger partial charge is 0.192 e. The van der Waals surface area contributed by atoms with Gasteiger partial charge in [0.05, 0.1) is 6.21 Å². The Kier molecular flexibility index (Phi) is 4.11. The molecule has 1 fully saturated rings. The Morgan fingerprint density at radius 2 is 1.68 bits per heavy atom. The topological polar surface area (TPSA) is 18.8 Å². The maximum absolute atomic E-state index is 13.4. The SMILES string of the molecule is CN1CCN(c2ccccc2[N+]2(c3ccc(F)cc3)C=CC=N2)CC1. The van der Waals surface area contributed by atoms with E-state index in [0.717, 1.165) is 37.6 Å². The zero-order valence-corrected chi connectivity index (χ0v) is 14.3. The van der Waals surface area contributed by atoms with Crippen molar-refractivity contribution in [3.05, 3.63) is 66.6 Å². The number of benzene rings is 2. The molecule has 0 radical (unpaired) electrons. The Bertz CT molecular complexity index is 793. The molecule has 4 nitrogen and oxygen atoms in total. The summed E-state index contributed by atoms with van der Waals surface area (Å²) in [5, 5.41) is 4.75. The average Bonchev–Trinajstić information content (AvgIpc) is 3.14. The molecule has 0 spiro atoms. The predicted octanol–water partition coefficient (Wildman–Crippen LogP) is 3.73. The molecule has 5 heteroatoms. The molecule has 2 aliphatic rings. The molecule has 0 N–H and O–H groups in total. The van der Waals surface area contributed by atoms with Crippen LogP contribution in [0.1, 0.15) is 0 Å². The number of hydrogen-bond acceptors (Lipinski definition) is 3. The second kappa shape index (κ2) is 6.43. The molecule has 0 saturated carbocycles. The molecular formula is C20H22FN4+. The van der Waals surface area contributed by atoms with Gasteiger partial charge >= 0.3 is 0 Å². The van der Waals surface area contributed by atoms with E-state index in [2.05, 4.69) is 35.0 Å². The molecule has 0 bridgehead atoms. The summed E-state index contributed by atoms with van der Waals surface area (Å²) in [5.74, 6) is -0.235. The van der Waals surface area contributed by atoms with Crippen LogP contribution in [0.3, 0.4) is 0 Å². The molecule has 4 rings (SSSR count). The van der Waals surface area contributed by atoms with Gasteiger partial charge in [-0.1, -0.05) is 17.2 Å². The summed E-state index contributed by atoms with van der Waals surface area (Å²) in [5.41, 5.74) is 3.19. The third-order valence-electron chi connectivity index (χ3n) is 4.95. The Morgan fingerprint density at radius 3 is 2.36 bits per heavy atom. The van der Waals surface area contributed by atoms with Crippen LogP contribution in [-0.4, -0.2) is 44.3 Å². The van der Waals surface area contributed by atoms with E-state index in [1.807, 2.05) is 36.7 Å². The molecule has 0 aliphatic carbocycles. The minimum atomic E-state index is -0.235. The number of quaternary nitrogens is 1. The van der Waals surface area contributed by atoms with Crippen molar-refractivity contribution in [2.75, 3.05) is 38.1 Å². The van der Waals surface area contributed by atoms with Gasteiger partial charge in [-0.3, -0.25) is 0 Å². The van der Waals surface area contributed by atoms with Crippen LogP contribution in [0.2, 0.25) is 0 Å². The van der Waals surface area contributed by atoms with E-state index in [4.69, 9.17) is 5.10 Å². The minimum Gasteiger partial charge on any atom is -0.364 e. The third-order valence-corrected chi connectivity index (χ3v) is 4.95. The lowest BCUT2D eigenvalue weighted by Crippen LogP contribution is -2.45. The molecular weight excluding hydrogens is 315 g/mol. The van der Waals surface area contributed by atoms with Gasteiger partial charge in [-0.25, -0.2) is 4.39 Å². The van der Waals surface area contributed by atoms with Crippen LogP contribution in [0.15, 0.2) is 65.9 Å². The summed E-state index contributed by atoms with van der Waals surface area (Å²) in [7, 11) is 2.16. The maximum atomic E-state index is 13.4. The van der Waals surface area contributed by atoms with E-state index in [1.54, 1.807) is 0 Å². The largest absolute Gasteiger partial charge is 0.364 e. The van der Waals surface area contributed by atoms with Crippen molar-refractivity contribution in [3.63, 3.8) is 0 Å². The molecule has 0 aromatic heterocycles. The summed E-state index contributed by atoms with van der Waals surface area (Å²) in [6.45, 7) is 4.07. The van der Waals surface area contributed by atoms with Gasteiger partial charge in [0.1, 0.15) is 17.7 Å². The maximum Gasteiger partial charge on any atom is 0.192 e. The van der Waals surface area contributed by atoms with E-state index in [0.29, 0.717) is 0 Å². The van der Waals surface area contributed by atoms with E-state index in [1.165, 1.54) is 17.8 Å². The highest BCUT2D eigenvalue weighted by Gasteiger charge is 2.37. The Morgan fingerprint density at radius 1 is 0.960 bits per heavy atom. The highest BCUT2D eigenvalue weighted by Crippen LogP contribution is 2.43. The number of nitrogens with zero attached hydrogens (tertiary/aromatic N) is 4. The Balaban J connectivity index is 1.80. The van der Waals surface area contributed by atoms with Crippen molar-refractivity contribution >= 4 is 23.3 Å². The average molecular weight is 337 g/mol. The number of anilines is 1. The minimum absolute atomic E-state index is 0.235. The first kappa shape index (κ1) is 16.0. The fourth-order valence-corrected chi connectivity index (χ4v) is 3.52. The number of rotatable bonds is 3. The zero-order chi connectivity index (χ0) is 17.3. The second-order valence-electron chi connectivity index (χ2n) is 6.55. The number of para-hydroxylation sites is 2. The fourth-order valence-electron chi connectivity index (χ4n) is 3.52. The van der Waals surface area contributed by atoms with Gasteiger partial charge in [0, 0.05) is 50.5 Å². The van der Waals surface area contributed by atoms with Gasteiger partial charge in [-0.2, -0.15) is 0 Å². The lowest BCUT2D eigenvalue weighted by molar-refractivity contribution is 0.312. The number of halogens is 1. The molecule has 2 aliphatic heterocycles. The molecule has 0 amide bonds. The molecule has 25 heavy (non-hydrogen) atoms. The van der Waals surface area contributed by atoms with Crippen LogP contribution < -0.4 is 9.49 Å². The highest BCUT2D eigenvalue weighted by molar-refractivity contribution is 5.83. The Hall–Kier alpha value is -2.50. The van der Waals surface area contributed by atoms with Crippen LogP contribution in [-0.2, 0) is 0 Å². The van der Waals surface area contributed by atoms with Crippen LogP contribution in [0.25, 0.3) is 0 Å². The van der Waals surface area contributed by atoms with Gasteiger partial charge in [-0.15, -0.1) is 4.59 Å². The van der Waals surface area contributed by atoms with Crippen molar-refractivity contribution in [1.82, 2.24) is 9.49 Å². The van der Waals surface area contributed by atoms with Crippen LogP contribution >= 0.6 is 0 Å². The lowest BCUT2D eigenvalue weighted by atomic mass is 10.1. The monoisotopic (exact) mass is 337 g/mol. The van der Waals surface area contributed by atoms with Gasteiger partial charge < -0.3 is 9.80 Å². The predicted molar refractivity (Wildman–Crippen MR) is 102 cm³/mol. The summed E-state index contributed by atoms with van der Waals surface area (Å²) in [6, 6.07) is 15.0. The quantitative estimate of drug-likeness (QED) is 0.795. The van der Waals surface area contributed by atoms with Crippen molar-refractivity contribution in [3.8, 4) is 0 Å². The van der Waals surface area contributed by atoms with Crippen molar-refractivity contribution < 1.29 is 4.39 Å². The van der Waals surface area contributed by atoms with Gasteiger partial charge in [0.15, 0.2) is 11.4 Å². The molecule has 2 heterocycles. The summed E-state index contributed by atoms with van der Waals surface area (Å²) < 4.78 is 13.7. The van der Waals surface area contributed by atoms with E-state index < -0.39 is 0 Å². The number of hydrogen-bond donors (Lipinski definition) is 0.